The predicted molar refractivity (Wildman–Crippen MR) is 120 cm³/mol. The van der Waals surface area contributed by atoms with Crippen molar-refractivity contribution in [2.75, 3.05) is 20.6 Å². The number of aliphatic hydroxyl groups excluding tert-OH is 1. The minimum atomic E-state index is -0.712. The topological polar surface area (TPSA) is 73.7 Å². The lowest BCUT2D eigenvalue weighted by atomic mass is 9.96. The van der Waals surface area contributed by atoms with Gasteiger partial charge in [0.25, 0.3) is 11.7 Å². The lowest BCUT2D eigenvalue weighted by Crippen LogP contribution is -2.37. The molecule has 3 heterocycles. The van der Waals surface area contributed by atoms with Crippen LogP contribution in [0.3, 0.4) is 0 Å². The minimum absolute atomic E-state index is 0.0888. The third-order valence-electron chi connectivity index (χ3n) is 5.45. The van der Waals surface area contributed by atoms with E-state index in [9.17, 15) is 14.7 Å². The van der Waals surface area contributed by atoms with Crippen LogP contribution in [0, 0.1) is 0 Å². The lowest BCUT2D eigenvalue weighted by molar-refractivity contribution is -0.140. The number of aliphatic hydroxyl groups is 1. The van der Waals surface area contributed by atoms with Crippen LogP contribution in [0.5, 0.6) is 0 Å². The van der Waals surface area contributed by atoms with Crippen molar-refractivity contribution < 1.29 is 14.7 Å². The zero-order chi connectivity index (χ0) is 22.0. The lowest BCUT2D eigenvalue weighted by Gasteiger charge is -2.32. The van der Waals surface area contributed by atoms with Crippen molar-refractivity contribution in [3.8, 4) is 0 Å². The first-order valence-corrected chi connectivity index (χ1v) is 10.8. The van der Waals surface area contributed by atoms with Gasteiger partial charge in [-0.3, -0.25) is 14.6 Å². The van der Waals surface area contributed by atoms with Gasteiger partial charge in [-0.2, -0.15) is 0 Å². The van der Waals surface area contributed by atoms with E-state index in [1.807, 2.05) is 48.6 Å². The predicted octanol–water partition coefficient (Wildman–Crippen LogP) is 3.87. The molecule has 0 saturated carbocycles. The first kappa shape index (κ1) is 21.0. The number of carbonyl (C=O) groups is 2. The summed E-state index contributed by atoms with van der Waals surface area (Å²) in [6.07, 6.45) is 3.28. The van der Waals surface area contributed by atoms with Crippen molar-refractivity contribution in [3.63, 3.8) is 0 Å². The molecule has 2 atom stereocenters. The fourth-order valence-corrected chi connectivity index (χ4v) is 4.79. The van der Waals surface area contributed by atoms with Gasteiger partial charge in [0.1, 0.15) is 5.76 Å². The molecule has 0 bridgehead atoms. The number of ketones is 1. The molecular weight excluding hydrogens is 410 g/mol. The van der Waals surface area contributed by atoms with Gasteiger partial charge in [0.2, 0.25) is 0 Å². The molecule has 1 fully saturated rings. The second-order valence-corrected chi connectivity index (χ2v) is 8.58. The zero-order valence-corrected chi connectivity index (χ0v) is 18.1. The number of benzene rings is 1. The summed E-state index contributed by atoms with van der Waals surface area (Å²) in [6, 6.07) is 15.6. The number of aromatic nitrogens is 1. The van der Waals surface area contributed by atoms with Gasteiger partial charge < -0.3 is 14.9 Å². The quantitative estimate of drug-likeness (QED) is 0.363. The van der Waals surface area contributed by atoms with Gasteiger partial charge in [-0.1, -0.05) is 42.5 Å². The van der Waals surface area contributed by atoms with Crippen molar-refractivity contribution >= 4 is 28.8 Å². The van der Waals surface area contributed by atoms with Crippen molar-refractivity contribution in [2.24, 2.45) is 0 Å². The Kier molecular flexibility index (Phi) is 5.97. The molecule has 1 aliphatic heterocycles. The molecule has 0 radical (unpaired) electrons. The third-order valence-corrected chi connectivity index (χ3v) is 6.43. The van der Waals surface area contributed by atoms with Crippen molar-refractivity contribution in [1.29, 1.82) is 0 Å². The molecule has 0 unspecified atom stereocenters. The molecular formula is C24H23N3O3S. The standard InChI is InChI=1S/C24H23N3O3S/c1-26(2)18(19-11-7-13-31-19)15-27-21(17-10-6-12-25-14-17)20(23(29)24(27)30)22(28)16-8-4-3-5-9-16/h3-14,18,21,28H,15H2,1-2H3/t18-,21-/m1/s1. The minimum Gasteiger partial charge on any atom is -0.507 e. The highest BCUT2D eigenvalue weighted by molar-refractivity contribution is 7.10. The van der Waals surface area contributed by atoms with Crippen molar-refractivity contribution in [1.82, 2.24) is 14.8 Å². The summed E-state index contributed by atoms with van der Waals surface area (Å²) in [7, 11) is 3.90. The molecule has 1 aromatic carbocycles. The fourth-order valence-electron chi connectivity index (χ4n) is 3.88. The molecule has 1 aliphatic rings. The molecule has 158 valence electrons. The number of carbonyl (C=O) groups excluding carboxylic acids is 2. The van der Waals surface area contributed by atoms with Crippen LogP contribution in [0.1, 0.15) is 28.1 Å². The number of amides is 1. The van der Waals surface area contributed by atoms with Crippen molar-refractivity contribution in [3.05, 3.63) is 93.9 Å². The zero-order valence-electron chi connectivity index (χ0n) is 17.3. The molecule has 0 spiro atoms. The number of Topliss-reactive ketones (excluding diaryl/α,β-unsaturated/α-hetero) is 1. The molecule has 3 aromatic rings. The number of hydrogen-bond donors (Lipinski definition) is 1. The van der Waals surface area contributed by atoms with Crippen LogP contribution in [-0.4, -0.2) is 52.2 Å². The third kappa shape index (κ3) is 4.02. The number of nitrogens with zero attached hydrogens (tertiary/aromatic N) is 3. The van der Waals surface area contributed by atoms with Gasteiger partial charge in [0.15, 0.2) is 0 Å². The Morgan fingerprint density at radius 3 is 2.52 bits per heavy atom. The number of rotatable bonds is 6. The second-order valence-electron chi connectivity index (χ2n) is 7.60. The van der Waals surface area contributed by atoms with E-state index >= 15 is 0 Å². The van der Waals surface area contributed by atoms with Gasteiger partial charge in [0, 0.05) is 29.4 Å². The summed E-state index contributed by atoms with van der Waals surface area (Å²) in [5.74, 6) is -1.47. The summed E-state index contributed by atoms with van der Waals surface area (Å²) >= 11 is 1.61. The number of likely N-dealkylation sites (tertiary alicyclic amines) is 1. The highest BCUT2D eigenvalue weighted by atomic mass is 32.1. The van der Waals surface area contributed by atoms with E-state index in [0.717, 1.165) is 4.88 Å². The van der Waals surface area contributed by atoms with Gasteiger partial charge in [-0.05, 0) is 37.2 Å². The van der Waals surface area contributed by atoms with Crippen LogP contribution in [0.25, 0.3) is 5.76 Å². The Hall–Kier alpha value is -3.29. The molecule has 6 nitrogen and oxygen atoms in total. The average Bonchev–Trinajstić information content (AvgIpc) is 3.40. The van der Waals surface area contributed by atoms with Gasteiger partial charge >= 0.3 is 0 Å². The Bertz CT molecular complexity index is 1100. The van der Waals surface area contributed by atoms with E-state index in [1.165, 1.54) is 0 Å². The maximum atomic E-state index is 13.2. The van der Waals surface area contributed by atoms with Gasteiger partial charge in [-0.15, -0.1) is 11.3 Å². The average molecular weight is 434 g/mol. The number of likely N-dealkylation sites (N-methyl/N-ethyl adjacent to an activating group) is 1. The van der Waals surface area contributed by atoms with Crippen molar-refractivity contribution in [2.45, 2.75) is 12.1 Å². The molecule has 7 heteroatoms. The Morgan fingerprint density at radius 1 is 1.13 bits per heavy atom. The second kappa shape index (κ2) is 8.83. The van der Waals surface area contributed by atoms with Crippen LogP contribution in [0.4, 0.5) is 0 Å². The maximum absolute atomic E-state index is 13.2. The Morgan fingerprint density at radius 2 is 1.90 bits per heavy atom. The summed E-state index contributed by atoms with van der Waals surface area (Å²) in [5, 5.41) is 13.0. The number of pyridine rings is 1. The highest BCUT2D eigenvalue weighted by Crippen LogP contribution is 2.40. The smallest absolute Gasteiger partial charge is 0.295 e. The SMILES string of the molecule is CN(C)[C@H](CN1C(=O)C(=O)C(=C(O)c2ccccc2)[C@H]1c1cccnc1)c1cccs1. The molecule has 0 aliphatic carbocycles. The first-order valence-electron chi connectivity index (χ1n) is 9.92. The summed E-state index contributed by atoms with van der Waals surface area (Å²) < 4.78 is 0. The number of thiophene rings is 1. The van der Waals surface area contributed by atoms with Crippen LogP contribution in [-0.2, 0) is 9.59 Å². The monoisotopic (exact) mass is 433 g/mol. The van der Waals surface area contributed by atoms with E-state index in [-0.39, 0.29) is 17.4 Å². The van der Waals surface area contributed by atoms with Gasteiger partial charge in [-0.25, -0.2) is 0 Å². The molecule has 1 saturated heterocycles. The van der Waals surface area contributed by atoms with E-state index in [4.69, 9.17) is 0 Å². The summed E-state index contributed by atoms with van der Waals surface area (Å²) in [6.45, 7) is 0.309. The number of hydrogen-bond acceptors (Lipinski definition) is 6. The highest BCUT2D eigenvalue weighted by Gasteiger charge is 2.47. The van der Waals surface area contributed by atoms with E-state index in [1.54, 1.807) is 59.0 Å². The van der Waals surface area contributed by atoms with E-state index < -0.39 is 17.7 Å². The van der Waals surface area contributed by atoms with E-state index in [0.29, 0.717) is 17.7 Å². The fraction of sp³-hybridized carbons (Fsp3) is 0.208. The van der Waals surface area contributed by atoms with Gasteiger partial charge in [0.05, 0.1) is 17.7 Å². The van der Waals surface area contributed by atoms with Crippen LogP contribution in [0.15, 0.2) is 77.9 Å². The normalized spacial score (nSPS) is 19.2. The van der Waals surface area contributed by atoms with Crippen LogP contribution < -0.4 is 0 Å². The molecule has 1 N–H and O–H groups in total. The van der Waals surface area contributed by atoms with Crippen LogP contribution in [0.2, 0.25) is 0 Å². The Balaban J connectivity index is 1.83. The summed E-state index contributed by atoms with van der Waals surface area (Å²) in [5.41, 5.74) is 1.27. The maximum Gasteiger partial charge on any atom is 0.295 e. The molecule has 4 rings (SSSR count). The van der Waals surface area contributed by atoms with Crippen LogP contribution >= 0.6 is 11.3 Å². The summed E-state index contributed by atoms with van der Waals surface area (Å²) in [4.78, 5) is 35.1. The molecule has 1 amide bonds. The molecule has 31 heavy (non-hydrogen) atoms. The van der Waals surface area contributed by atoms with E-state index in [2.05, 4.69) is 4.98 Å². The Labute approximate surface area is 185 Å². The largest absolute Gasteiger partial charge is 0.507 e. The first-order chi connectivity index (χ1) is 15.0. The molecule has 2 aromatic heterocycles.